The van der Waals surface area contributed by atoms with Gasteiger partial charge in [-0.25, -0.2) is 5.57 Å². The van der Waals surface area contributed by atoms with Crippen molar-refractivity contribution in [3.05, 3.63) is 149 Å². The van der Waals surface area contributed by atoms with Gasteiger partial charge in [0.15, 0.2) is 0 Å². The first-order chi connectivity index (χ1) is 17.0. The molecule has 0 amide bonds. The molecule has 37 heavy (non-hydrogen) atoms. The van der Waals surface area contributed by atoms with Gasteiger partial charge in [0.05, 0.1) is 0 Å². The molecule has 0 saturated carbocycles. The van der Waals surface area contributed by atoms with Crippen LogP contribution in [0.5, 0.6) is 0 Å². The number of fused-ring (bicyclic) bond motifs is 3. The molecule has 2 aliphatic carbocycles. The molecule has 0 N–H and O–H groups in total. The maximum Gasteiger partial charge on any atom is -0.0253 e. The van der Waals surface area contributed by atoms with E-state index >= 15 is 0 Å². The van der Waals surface area contributed by atoms with Crippen LogP contribution in [0.4, 0.5) is 0 Å². The quantitative estimate of drug-likeness (QED) is 0.273. The van der Waals surface area contributed by atoms with Gasteiger partial charge in [-0.3, -0.25) is 6.08 Å². The van der Waals surface area contributed by atoms with E-state index < -0.39 is 0 Å². The summed E-state index contributed by atoms with van der Waals surface area (Å²) >= 11 is 1.51. The molecule has 0 radical (unpaired) electrons. The SMILES string of the molecule is CC1=[C-]C(C)C=C1c1ccccc1.C[C](=[Zr+2])c1ccccc1.[Cl-].[Cl-].[c-]1cccc2c1Cc1ccccc1-2. The molecule has 0 bridgehead atoms. The summed E-state index contributed by atoms with van der Waals surface area (Å²) in [6, 6.07) is 39.1. The molecule has 0 aliphatic heterocycles. The second-order valence-electron chi connectivity index (χ2n) is 8.89. The summed E-state index contributed by atoms with van der Waals surface area (Å²) in [6.45, 7) is 6.45. The summed E-state index contributed by atoms with van der Waals surface area (Å²) in [5.74, 6) is 0.468. The van der Waals surface area contributed by atoms with Gasteiger partial charge < -0.3 is 24.8 Å². The average Bonchev–Trinajstić information content (AvgIpc) is 3.44. The van der Waals surface area contributed by atoms with Crippen molar-refractivity contribution in [2.24, 2.45) is 5.92 Å². The average molecular weight is 601 g/mol. The van der Waals surface area contributed by atoms with E-state index in [4.69, 9.17) is 0 Å². The molecule has 1 atom stereocenters. The second-order valence-corrected chi connectivity index (χ2v) is 10.7. The third-order valence-electron chi connectivity index (χ3n) is 6.17. The van der Waals surface area contributed by atoms with Gasteiger partial charge in [-0.1, -0.05) is 85.5 Å². The molecule has 0 nitrogen and oxygen atoms in total. The van der Waals surface area contributed by atoms with Gasteiger partial charge in [-0.15, -0.1) is 11.1 Å². The van der Waals surface area contributed by atoms with Crippen molar-refractivity contribution in [3.8, 4) is 11.1 Å². The zero-order valence-corrected chi connectivity index (χ0v) is 25.4. The van der Waals surface area contributed by atoms with Gasteiger partial charge in [-0.2, -0.15) is 41.5 Å². The van der Waals surface area contributed by atoms with Gasteiger partial charge >= 0.3 is 70.3 Å². The Morgan fingerprint density at radius 2 is 1.38 bits per heavy atom. The standard InChI is InChI=1S/C13H9.C13H13.C8H8.2ClH.Zr/c1-3-7-12-10(5-1)9-11-6-2-4-8-13(11)12;1-10-8-11(2)13(9-10)12-6-4-3-5-7-12;1-2-8-6-4-3-5-7-8;;;/h1-5,7-8H,9H2;3-7,9-10H,1-2H3;3-7H,1H3;2*1H;/q2*-1;;;;+2/p-2. The molecule has 0 saturated heterocycles. The third kappa shape index (κ3) is 8.34. The van der Waals surface area contributed by atoms with Gasteiger partial charge in [0.2, 0.25) is 0 Å². The van der Waals surface area contributed by atoms with Crippen LogP contribution in [-0.4, -0.2) is 3.21 Å². The van der Waals surface area contributed by atoms with E-state index in [-0.39, 0.29) is 24.8 Å². The van der Waals surface area contributed by atoms with Crippen LogP contribution >= 0.6 is 0 Å². The predicted molar refractivity (Wildman–Crippen MR) is 146 cm³/mol. The Labute approximate surface area is 249 Å². The van der Waals surface area contributed by atoms with E-state index in [0.717, 1.165) is 6.42 Å². The molecular weight excluding hydrogens is 571 g/mol. The topological polar surface area (TPSA) is 0 Å². The van der Waals surface area contributed by atoms with E-state index in [1.54, 1.807) is 0 Å². The van der Waals surface area contributed by atoms with E-state index in [0.29, 0.717) is 5.92 Å². The van der Waals surface area contributed by atoms with Gasteiger partial charge in [0, 0.05) is 0 Å². The molecule has 0 fully saturated rings. The summed E-state index contributed by atoms with van der Waals surface area (Å²) in [4.78, 5) is 0. The molecule has 2 aliphatic rings. The number of halogens is 2. The molecule has 0 spiro atoms. The Morgan fingerprint density at radius 1 is 0.784 bits per heavy atom. The Hall–Kier alpha value is -2.31. The minimum Gasteiger partial charge on any atom is -1.00 e. The maximum atomic E-state index is 3.39. The first-order valence-electron chi connectivity index (χ1n) is 12.1. The predicted octanol–water partition coefficient (Wildman–Crippen LogP) is 2.31. The Bertz CT molecular complexity index is 1310. The van der Waals surface area contributed by atoms with Crippen LogP contribution in [0.2, 0.25) is 0 Å². The Balaban J connectivity index is 0.000000194. The molecule has 1 unspecified atom stereocenters. The van der Waals surface area contributed by atoms with E-state index in [1.807, 2.05) is 18.2 Å². The minimum absolute atomic E-state index is 0. The first kappa shape index (κ1) is 30.9. The molecular formula is C34H30Cl2Zr-2. The van der Waals surface area contributed by atoms with Crippen molar-refractivity contribution >= 4 is 8.78 Å². The first-order valence-corrected chi connectivity index (χ1v) is 13.3. The number of allylic oxidation sites excluding steroid dienone is 4. The van der Waals surface area contributed by atoms with Crippen molar-refractivity contribution in [1.82, 2.24) is 0 Å². The Kier molecular flexibility index (Phi) is 12.7. The van der Waals surface area contributed by atoms with Crippen molar-refractivity contribution in [2.75, 3.05) is 0 Å². The van der Waals surface area contributed by atoms with Crippen LogP contribution in [0.25, 0.3) is 16.7 Å². The molecule has 4 aromatic rings. The summed E-state index contributed by atoms with van der Waals surface area (Å²) in [7, 11) is 0. The molecule has 6 rings (SSSR count). The maximum absolute atomic E-state index is 3.39. The van der Waals surface area contributed by atoms with Crippen LogP contribution in [0, 0.1) is 18.1 Å². The smallest absolute Gasteiger partial charge is 0.0253 e. The van der Waals surface area contributed by atoms with Crippen LogP contribution < -0.4 is 24.8 Å². The minimum atomic E-state index is 0. The van der Waals surface area contributed by atoms with Gasteiger partial charge in [-0.05, 0) is 6.42 Å². The number of hydrogen-bond acceptors (Lipinski definition) is 0. The van der Waals surface area contributed by atoms with Crippen LogP contribution in [-0.2, 0) is 30.7 Å². The van der Waals surface area contributed by atoms with Gasteiger partial charge in [0.25, 0.3) is 0 Å². The van der Waals surface area contributed by atoms with Crippen LogP contribution in [0.15, 0.2) is 115 Å². The molecule has 0 heterocycles. The van der Waals surface area contributed by atoms with E-state index in [2.05, 4.69) is 124 Å². The normalized spacial score (nSPS) is 14.0. The number of rotatable bonds is 2. The molecule has 3 heteroatoms. The zero-order valence-electron chi connectivity index (χ0n) is 21.4. The monoisotopic (exact) mass is 598 g/mol. The van der Waals surface area contributed by atoms with Gasteiger partial charge in [0.1, 0.15) is 0 Å². The van der Waals surface area contributed by atoms with Crippen molar-refractivity contribution in [1.29, 1.82) is 0 Å². The summed E-state index contributed by atoms with van der Waals surface area (Å²) in [5.41, 5.74) is 10.8. The molecule has 186 valence electrons. The molecule has 0 aromatic heterocycles. The van der Waals surface area contributed by atoms with Crippen molar-refractivity contribution in [2.45, 2.75) is 27.2 Å². The number of hydrogen-bond donors (Lipinski definition) is 0. The summed E-state index contributed by atoms with van der Waals surface area (Å²) in [5, 5.41) is 0. The van der Waals surface area contributed by atoms with E-state index in [1.165, 1.54) is 72.0 Å². The number of benzene rings is 4. The van der Waals surface area contributed by atoms with Crippen molar-refractivity contribution in [3.63, 3.8) is 0 Å². The third-order valence-corrected chi connectivity index (χ3v) is 6.88. The fraction of sp³-hybridized carbons (Fsp3) is 0.147. The summed E-state index contributed by atoms with van der Waals surface area (Å²) in [6.07, 6.45) is 6.71. The van der Waals surface area contributed by atoms with Crippen LogP contribution in [0.1, 0.15) is 43.0 Å². The molecule has 4 aromatic carbocycles. The zero-order chi connectivity index (χ0) is 24.6. The fourth-order valence-electron chi connectivity index (χ4n) is 4.45. The summed E-state index contributed by atoms with van der Waals surface area (Å²) < 4.78 is 1.46. The largest absolute Gasteiger partial charge is 1.00 e. The Morgan fingerprint density at radius 3 is 1.97 bits per heavy atom. The van der Waals surface area contributed by atoms with E-state index in [9.17, 15) is 0 Å². The fourth-order valence-corrected chi connectivity index (χ4v) is 4.86. The van der Waals surface area contributed by atoms with Crippen molar-refractivity contribution < 1.29 is 49.0 Å². The second kappa shape index (κ2) is 15.2. The van der Waals surface area contributed by atoms with Crippen LogP contribution in [0.3, 0.4) is 0 Å².